The highest BCUT2D eigenvalue weighted by Crippen LogP contribution is 2.36. The molecule has 0 unspecified atom stereocenters. The van der Waals surface area contributed by atoms with Crippen molar-refractivity contribution in [1.82, 2.24) is 9.55 Å². The number of benzene rings is 1. The Kier molecular flexibility index (Phi) is 5.88. The highest BCUT2D eigenvalue weighted by Gasteiger charge is 2.21. The summed E-state index contributed by atoms with van der Waals surface area (Å²) in [5, 5.41) is 18.7. The Labute approximate surface area is 167 Å². The first kappa shape index (κ1) is 19.9. The molecule has 0 saturated heterocycles. The highest BCUT2D eigenvalue weighted by molar-refractivity contribution is 6.38. The fourth-order valence-electron chi connectivity index (χ4n) is 2.71. The third-order valence-corrected chi connectivity index (χ3v) is 4.58. The van der Waals surface area contributed by atoms with Gasteiger partial charge in [-0.15, -0.1) is 0 Å². The minimum atomic E-state index is -0.649. The lowest BCUT2D eigenvalue weighted by atomic mass is 10.1. The maximum absolute atomic E-state index is 13.6. The van der Waals surface area contributed by atoms with Crippen LogP contribution < -0.4 is 10.2 Å². The zero-order valence-electron chi connectivity index (χ0n) is 13.5. The number of ether oxygens (including phenoxy) is 1. The van der Waals surface area contributed by atoms with Crippen LogP contribution >= 0.6 is 34.8 Å². The summed E-state index contributed by atoms with van der Waals surface area (Å²) in [5.41, 5.74) is -0.117. The lowest BCUT2D eigenvalue weighted by Gasteiger charge is -2.20. The number of aliphatic hydroxyl groups is 2. The van der Waals surface area contributed by atoms with Gasteiger partial charge in [-0.2, -0.15) is 0 Å². The van der Waals surface area contributed by atoms with Crippen LogP contribution in [0.4, 0.5) is 4.39 Å². The average Bonchev–Trinajstić information content (AvgIpc) is 2.61. The number of nitrogens with zero attached hydrogens (tertiary/aromatic N) is 2. The molecule has 0 saturated carbocycles. The van der Waals surface area contributed by atoms with Gasteiger partial charge in [0.1, 0.15) is 17.8 Å². The third-order valence-electron chi connectivity index (χ3n) is 3.72. The number of fused-ring (bicyclic) bond motifs is 1. The molecule has 0 radical (unpaired) electrons. The lowest BCUT2D eigenvalue weighted by Crippen LogP contribution is -2.16. The van der Waals surface area contributed by atoms with Gasteiger partial charge in [-0.1, -0.05) is 34.8 Å². The fraction of sp³-hybridized carbons (Fsp3) is 0.176. The lowest BCUT2D eigenvalue weighted by molar-refractivity contribution is 0.198. The molecule has 10 heteroatoms. The quantitative estimate of drug-likeness (QED) is 0.645. The van der Waals surface area contributed by atoms with E-state index in [0.29, 0.717) is 0 Å². The highest BCUT2D eigenvalue weighted by atomic mass is 35.5. The van der Waals surface area contributed by atoms with Gasteiger partial charge in [0, 0.05) is 6.07 Å². The number of aliphatic hydroxyl groups excluding tert-OH is 2. The number of pyridine rings is 2. The monoisotopic (exact) mass is 432 g/mol. The molecule has 3 aromatic rings. The van der Waals surface area contributed by atoms with Gasteiger partial charge in [-0.25, -0.2) is 9.37 Å². The van der Waals surface area contributed by atoms with Crippen LogP contribution in [0.2, 0.25) is 15.1 Å². The molecule has 0 aliphatic heterocycles. The Morgan fingerprint density at radius 2 is 1.78 bits per heavy atom. The first-order chi connectivity index (χ1) is 12.9. The van der Waals surface area contributed by atoms with Crippen LogP contribution in [0.15, 0.2) is 29.2 Å². The molecule has 1 aromatic carbocycles. The Bertz CT molecular complexity index is 1060. The summed E-state index contributed by atoms with van der Waals surface area (Å²) in [6, 6.07) is 3.25. The van der Waals surface area contributed by atoms with E-state index >= 15 is 0 Å². The second kappa shape index (κ2) is 8.00. The SMILES string of the molecule is O=c1cc(CO)n(-c2c(Cl)cc(F)cc2Cl)c2c(Cl)cnc(OCCO)c12. The van der Waals surface area contributed by atoms with Gasteiger partial charge in [0.25, 0.3) is 0 Å². The van der Waals surface area contributed by atoms with Gasteiger partial charge in [0.15, 0.2) is 5.43 Å². The molecule has 0 spiro atoms. The van der Waals surface area contributed by atoms with Gasteiger partial charge in [-0.3, -0.25) is 4.79 Å². The summed E-state index contributed by atoms with van der Waals surface area (Å²) in [6.45, 7) is -0.923. The van der Waals surface area contributed by atoms with Crippen molar-refractivity contribution in [2.24, 2.45) is 0 Å². The molecule has 6 nitrogen and oxygen atoms in total. The Hall–Kier alpha value is -1.90. The number of hydrogen-bond acceptors (Lipinski definition) is 5. The molecule has 0 amide bonds. The van der Waals surface area contributed by atoms with Crippen LogP contribution in [0.3, 0.4) is 0 Å². The van der Waals surface area contributed by atoms with E-state index in [4.69, 9.17) is 44.6 Å². The predicted molar refractivity (Wildman–Crippen MR) is 101 cm³/mol. The van der Waals surface area contributed by atoms with Crippen molar-refractivity contribution in [2.75, 3.05) is 13.2 Å². The number of aromatic nitrogens is 2. The molecular weight excluding hydrogens is 422 g/mol. The minimum absolute atomic E-state index is 0.00427. The van der Waals surface area contributed by atoms with Crippen LogP contribution in [0, 0.1) is 5.82 Å². The maximum atomic E-state index is 13.6. The van der Waals surface area contributed by atoms with Crippen molar-refractivity contribution >= 4 is 45.7 Å². The molecule has 0 aliphatic rings. The van der Waals surface area contributed by atoms with Gasteiger partial charge >= 0.3 is 0 Å². The third kappa shape index (κ3) is 3.61. The number of hydrogen-bond donors (Lipinski definition) is 2. The predicted octanol–water partition coefficient (Wildman–Crippen LogP) is 3.35. The summed E-state index contributed by atoms with van der Waals surface area (Å²) < 4.78 is 20.3. The Morgan fingerprint density at radius 1 is 1.11 bits per heavy atom. The molecule has 3 rings (SSSR count). The molecule has 2 heterocycles. The summed E-state index contributed by atoms with van der Waals surface area (Å²) in [4.78, 5) is 16.6. The second-order valence-corrected chi connectivity index (χ2v) is 6.64. The van der Waals surface area contributed by atoms with Crippen molar-refractivity contribution in [2.45, 2.75) is 6.61 Å². The summed E-state index contributed by atoms with van der Waals surface area (Å²) in [6.07, 6.45) is 1.25. The second-order valence-electron chi connectivity index (χ2n) is 5.42. The smallest absolute Gasteiger partial charge is 0.227 e. The average molecular weight is 434 g/mol. The molecule has 0 atom stereocenters. The van der Waals surface area contributed by atoms with E-state index in [0.717, 1.165) is 18.2 Å². The zero-order chi connectivity index (χ0) is 19.7. The van der Waals surface area contributed by atoms with E-state index in [-0.39, 0.29) is 56.4 Å². The number of rotatable bonds is 5. The van der Waals surface area contributed by atoms with Crippen molar-refractivity contribution in [3.8, 4) is 11.6 Å². The minimum Gasteiger partial charge on any atom is -0.475 e. The normalized spacial score (nSPS) is 11.2. The number of halogens is 4. The van der Waals surface area contributed by atoms with Gasteiger partial charge in [0.05, 0.1) is 51.4 Å². The largest absolute Gasteiger partial charge is 0.475 e. The Balaban J connectivity index is 2.49. The van der Waals surface area contributed by atoms with Crippen LogP contribution in [0.25, 0.3) is 16.6 Å². The molecule has 0 bridgehead atoms. The van der Waals surface area contributed by atoms with Gasteiger partial charge in [-0.05, 0) is 12.1 Å². The molecule has 142 valence electrons. The van der Waals surface area contributed by atoms with Crippen LogP contribution in [-0.2, 0) is 6.61 Å². The molecule has 27 heavy (non-hydrogen) atoms. The van der Waals surface area contributed by atoms with Crippen molar-refractivity contribution in [1.29, 1.82) is 0 Å². The summed E-state index contributed by atoms with van der Waals surface area (Å²) in [5.74, 6) is -0.703. The van der Waals surface area contributed by atoms with E-state index in [9.17, 15) is 14.3 Å². The fourth-order valence-corrected chi connectivity index (χ4v) is 3.56. The van der Waals surface area contributed by atoms with E-state index < -0.39 is 17.9 Å². The Morgan fingerprint density at radius 3 is 2.37 bits per heavy atom. The topological polar surface area (TPSA) is 84.6 Å². The van der Waals surface area contributed by atoms with Crippen molar-refractivity contribution in [3.05, 3.63) is 61.2 Å². The molecular formula is C17H12Cl3FN2O4. The van der Waals surface area contributed by atoms with Gasteiger partial charge < -0.3 is 19.5 Å². The molecule has 2 N–H and O–H groups in total. The van der Waals surface area contributed by atoms with Crippen molar-refractivity contribution < 1.29 is 19.3 Å². The standard InChI is InChI=1S/C17H12Cl3FN2O4/c18-10-3-8(21)4-11(19)15(10)23-9(7-25)5-13(26)14-16(23)12(20)6-22-17(14)27-2-1-24/h3-6,24-25H,1-2,7H2. The summed E-state index contributed by atoms with van der Waals surface area (Å²) >= 11 is 18.7. The van der Waals surface area contributed by atoms with Gasteiger partial charge in [0.2, 0.25) is 5.88 Å². The van der Waals surface area contributed by atoms with E-state index in [1.165, 1.54) is 10.8 Å². The first-order valence-corrected chi connectivity index (χ1v) is 8.75. The molecule has 0 fully saturated rings. The van der Waals surface area contributed by atoms with Crippen LogP contribution in [0.5, 0.6) is 5.88 Å². The van der Waals surface area contributed by atoms with E-state index in [2.05, 4.69) is 4.98 Å². The van der Waals surface area contributed by atoms with Crippen LogP contribution in [0.1, 0.15) is 5.69 Å². The van der Waals surface area contributed by atoms with E-state index in [1.807, 2.05) is 0 Å². The summed E-state index contributed by atoms with van der Waals surface area (Å²) in [7, 11) is 0. The van der Waals surface area contributed by atoms with Crippen molar-refractivity contribution in [3.63, 3.8) is 0 Å². The molecule has 0 aliphatic carbocycles. The maximum Gasteiger partial charge on any atom is 0.227 e. The first-order valence-electron chi connectivity index (χ1n) is 7.61. The van der Waals surface area contributed by atoms with E-state index in [1.54, 1.807) is 0 Å². The van der Waals surface area contributed by atoms with Crippen LogP contribution in [-0.4, -0.2) is 33.0 Å². The molecule has 2 aromatic heterocycles. The zero-order valence-corrected chi connectivity index (χ0v) is 15.8.